The third-order valence-electron chi connectivity index (χ3n) is 21.6. The minimum Gasteiger partial charge on any atom is -0.311 e. The van der Waals surface area contributed by atoms with Gasteiger partial charge >= 0.3 is 0 Å². The molecule has 0 saturated heterocycles. The van der Waals surface area contributed by atoms with E-state index in [1.165, 1.54) is 44.5 Å². The van der Waals surface area contributed by atoms with Gasteiger partial charge in [-0.15, -0.1) is 0 Å². The fraction of sp³-hybridized carbons (Fsp3) is 0.327. The van der Waals surface area contributed by atoms with Gasteiger partial charge in [0.1, 0.15) is 0 Å². The first-order valence-electron chi connectivity index (χ1n) is 40.8. The van der Waals surface area contributed by atoms with Crippen LogP contribution in [-0.2, 0) is 43.3 Å². The smallest absolute Gasteiger partial charge is 0.252 e. The summed E-state index contributed by atoms with van der Waals surface area (Å²) in [5.74, 6) is 0. The van der Waals surface area contributed by atoms with Gasteiger partial charge in [0.25, 0.3) is 6.71 Å². The zero-order valence-corrected chi connectivity index (χ0v) is 65.1. The van der Waals surface area contributed by atoms with E-state index in [1.54, 1.807) is 4.57 Å². The Kier molecular flexibility index (Phi) is 14.4. The predicted molar refractivity (Wildman–Crippen MR) is 446 cm³/mol. The van der Waals surface area contributed by atoms with Crippen LogP contribution in [0.3, 0.4) is 0 Å². The van der Waals surface area contributed by atoms with Crippen molar-refractivity contribution in [1.29, 1.82) is 0 Å². The predicted octanol–water partition coefficient (Wildman–Crippen LogP) is 25.9. The quantitative estimate of drug-likeness (QED) is 0.147. The summed E-state index contributed by atoms with van der Waals surface area (Å²) in [7, 11) is 0. The molecule has 0 bridgehead atoms. The molecule has 0 spiro atoms. The van der Waals surface area contributed by atoms with Crippen LogP contribution in [0.25, 0.3) is 72.0 Å². The second-order valence-corrected chi connectivity index (χ2v) is 37.6. The van der Waals surface area contributed by atoms with Gasteiger partial charge in [0.05, 0.1) is 27.7 Å². The summed E-state index contributed by atoms with van der Waals surface area (Å²) in [6.07, 6.45) is 0. The molecule has 0 fully saturated rings. The topological polar surface area (TPSA) is 11.4 Å². The highest BCUT2D eigenvalue weighted by Crippen LogP contribution is 2.50. The Bertz CT molecular complexity index is 5310. The van der Waals surface area contributed by atoms with Crippen molar-refractivity contribution < 1.29 is 11.0 Å². The number of benzene rings is 11. The van der Waals surface area contributed by atoms with Crippen LogP contribution in [0.4, 0.5) is 34.1 Å². The van der Waals surface area contributed by atoms with Gasteiger partial charge in [0.15, 0.2) is 0 Å². The first-order valence-corrected chi connectivity index (χ1v) is 36.8. The number of aromatic nitrogens is 1. The Morgan fingerprint density at radius 2 is 0.500 bits per heavy atom. The van der Waals surface area contributed by atoms with Crippen molar-refractivity contribution in [2.24, 2.45) is 0 Å². The number of fused-ring (bicyclic) bond motifs is 7. The summed E-state index contributed by atoms with van der Waals surface area (Å²) >= 11 is 0. The molecule has 1 aromatic heterocycles. The lowest BCUT2D eigenvalue weighted by molar-refractivity contribution is 0.568. The van der Waals surface area contributed by atoms with Crippen LogP contribution in [0.5, 0.6) is 0 Å². The summed E-state index contributed by atoms with van der Waals surface area (Å²) < 4.78 is 78.0. The van der Waals surface area contributed by atoms with Gasteiger partial charge in [0, 0.05) is 44.9 Å². The van der Waals surface area contributed by atoms with Gasteiger partial charge in [0.2, 0.25) is 0 Å². The second kappa shape index (κ2) is 24.3. The summed E-state index contributed by atoms with van der Waals surface area (Å²) in [5.41, 5.74) is 26.6. The molecule has 0 unspecified atom stereocenters. The van der Waals surface area contributed by atoms with Crippen LogP contribution < -0.4 is 26.2 Å². The van der Waals surface area contributed by atoms with Crippen LogP contribution in [0.15, 0.2) is 218 Å². The zero-order valence-electron chi connectivity index (χ0n) is 73.1. The van der Waals surface area contributed by atoms with Gasteiger partial charge in [-0.1, -0.05) is 324 Å². The molecule has 102 heavy (non-hydrogen) atoms. The van der Waals surface area contributed by atoms with Crippen molar-refractivity contribution >= 4 is 79.0 Å². The van der Waals surface area contributed by atoms with Crippen molar-refractivity contribution in [2.45, 2.75) is 209 Å². The Morgan fingerprint density at radius 3 is 0.775 bits per heavy atom. The van der Waals surface area contributed by atoms with E-state index < -0.39 is 30.9 Å². The van der Waals surface area contributed by atoms with Crippen molar-refractivity contribution in [3.63, 3.8) is 0 Å². The second-order valence-electron chi connectivity index (χ2n) is 37.6. The fourth-order valence-electron chi connectivity index (χ4n) is 15.0. The zero-order chi connectivity index (χ0) is 80.0. The molecular formula is C98H108BN3. The number of anilines is 6. The molecule has 0 N–H and O–H groups in total. The molecule has 2 aliphatic heterocycles. The van der Waals surface area contributed by atoms with E-state index in [1.807, 2.05) is 0 Å². The Balaban J connectivity index is 1.15. The summed E-state index contributed by atoms with van der Waals surface area (Å²) in [6.45, 7) is 54.3. The number of nitrogens with zero attached hydrogens (tertiary/aromatic N) is 3. The first-order chi connectivity index (χ1) is 50.9. The van der Waals surface area contributed by atoms with E-state index in [-0.39, 0.29) is 89.3 Å². The van der Waals surface area contributed by atoms with Gasteiger partial charge in [-0.05, 0) is 209 Å². The molecule has 0 radical (unpaired) electrons. The maximum absolute atomic E-state index is 9.96. The highest BCUT2D eigenvalue weighted by molar-refractivity contribution is 7.00. The third-order valence-corrected chi connectivity index (χ3v) is 21.6. The highest BCUT2D eigenvalue weighted by atomic mass is 15.2. The molecule has 0 amide bonds. The lowest BCUT2D eigenvalue weighted by Crippen LogP contribution is -2.61. The molecular weight excluding hydrogens is 1230 g/mol. The van der Waals surface area contributed by atoms with Gasteiger partial charge in [-0.3, -0.25) is 0 Å². The summed E-state index contributed by atoms with van der Waals surface area (Å²) in [4.78, 5) is 4.73. The number of rotatable bonds is 7. The maximum Gasteiger partial charge on any atom is 0.252 e. The van der Waals surface area contributed by atoms with E-state index in [0.29, 0.717) is 5.69 Å². The molecule has 3 nitrogen and oxygen atoms in total. The molecule has 3 heterocycles. The Morgan fingerprint density at radius 1 is 0.245 bits per heavy atom. The number of hydrogen-bond acceptors (Lipinski definition) is 2. The third kappa shape index (κ3) is 12.9. The molecule has 0 atom stereocenters. The Hall–Kier alpha value is -9.12. The summed E-state index contributed by atoms with van der Waals surface area (Å²) in [5, 5.41) is 0.0342. The van der Waals surface area contributed by atoms with Gasteiger partial charge < -0.3 is 14.4 Å². The van der Waals surface area contributed by atoms with Crippen LogP contribution in [-0.4, -0.2) is 11.3 Å². The van der Waals surface area contributed by atoms with E-state index in [2.05, 4.69) is 346 Å². The average molecular weight is 1350 g/mol. The normalized spacial score (nSPS) is 14.9. The van der Waals surface area contributed by atoms with Crippen LogP contribution in [0, 0.1) is 0 Å². The molecule has 0 saturated carbocycles. The maximum atomic E-state index is 9.96. The number of para-hydroxylation sites is 2. The lowest BCUT2D eigenvalue weighted by atomic mass is 9.33. The van der Waals surface area contributed by atoms with E-state index >= 15 is 0 Å². The van der Waals surface area contributed by atoms with E-state index in [9.17, 15) is 8.22 Å². The first kappa shape index (κ1) is 60.5. The molecule has 11 aromatic carbocycles. The Labute approximate surface area is 623 Å². The molecule has 12 aromatic rings. The van der Waals surface area contributed by atoms with E-state index in [0.717, 1.165) is 95.0 Å². The average Bonchev–Trinajstić information content (AvgIpc) is 1.08. The minimum atomic E-state index is -0.493. The standard InChI is InChI=1S/C98H108BN3/c1-91(2,3)69-45-65(46-70(55-69)92(4,5)6)61-33-39-77(40-34-61)100-86-43-37-63(67-49-73(95(13,14)15)57-74(50-67)96(16,17)18)53-82(86)99-83-54-64(68-51-75(97(19,20)21)58-76(52-68)98(22,23)24)38-44-87(83)101(78-41-35-62(36-42-78)66-47-71(93(7,8)9)56-72(48-66)94(10,11)12)89-60-79(59-88(100)90(89)99)102-84-31-27-25-29-80(84)81-30-26-28-32-85(81)102/h25-60H,1-24H3/i25D,26D,27D,28D,29D,30D,31D,32D. The highest BCUT2D eigenvalue weighted by Gasteiger charge is 2.45. The molecule has 4 heteroatoms. The molecule has 14 rings (SSSR count). The molecule has 0 aliphatic carbocycles. The van der Waals surface area contributed by atoms with Crippen LogP contribution in [0.1, 0.15) is 222 Å². The van der Waals surface area contributed by atoms with Crippen molar-refractivity contribution in [3.8, 4) is 50.2 Å². The SMILES string of the molecule is [2H]c1c([2H])c([2H])c2c(c1[2H])c1c([2H])c([2H])c([2H])c([2H])c1n2-c1cc2c3c(c1)N(c1ccc(-c4cc(C(C)(C)C)cc(C(C)(C)C)c4)cc1)c1ccc(-c4cc(C(C)(C)C)cc(C(C)(C)C)c4)cc1B3c1cc(-c3cc(C(C)(C)C)cc(C(C)(C)C)c3)ccc1N2c1ccc(-c2cc(C(C)(C)C)cc(C(C)(C)C)c2)cc1. The van der Waals surface area contributed by atoms with Crippen LogP contribution >= 0.6 is 0 Å². The molecule has 518 valence electrons. The lowest BCUT2D eigenvalue weighted by Gasteiger charge is -2.45. The summed E-state index contributed by atoms with van der Waals surface area (Å²) in [6, 6.07) is 61.0. The van der Waals surface area contributed by atoms with Gasteiger partial charge in [-0.25, -0.2) is 0 Å². The minimum absolute atomic E-state index is 0.0171. The fourth-order valence-corrected chi connectivity index (χ4v) is 15.0. The number of hydrogen-bond donors (Lipinski definition) is 0. The largest absolute Gasteiger partial charge is 0.311 e. The van der Waals surface area contributed by atoms with Crippen molar-refractivity contribution in [1.82, 2.24) is 4.57 Å². The molecule has 2 aliphatic rings. The van der Waals surface area contributed by atoms with Gasteiger partial charge in [-0.2, -0.15) is 0 Å². The van der Waals surface area contributed by atoms with Crippen LogP contribution in [0.2, 0.25) is 0 Å². The van der Waals surface area contributed by atoms with E-state index in [4.69, 9.17) is 2.74 Å². The van der Waals surface area contributed by atoms with Crippen molar-refractivity contribution in [2.75, 3.05) is 9.80 Å². The van der Waals surface area contributed by atoms with Crippen molar-refractivity contribution in [3.05, 3.63) is 263 Å². The monoisotopic (exact) mass is 1350 g/mol.